The Hall–Kier alpha value is -1.76. The van der Waals surface area contributed by atoms with Gasteiger partial charge in [0.25, 0.3) is 0 Å². The van der Waals surface area contributed by atoms with Gasteiger partial charge in [-0.3, -0.25) is 0 Å². The SMILES string of the molecule is COC1C(N2c3ncnc(N)c3NC2Sc2ccc(C)cc2)OC2CO[PH](O)(O)O[C@H]21. The van der Waals surface area contributed by atoms with Crippen molar-refractivity contribution in [1.29, 1.82) is 0 Å². The van der Waals surface area contributed by atoms with E-state index in [9.17, 15) is 9.79 Å². The molecule has 3 aliphatic rings. The maximum atomic E-state index is 9.92. The molecule has 1 aromatic heterocycles. The maximum absolute atomic E-state index is 9.92. The molecule has 5 atom stereocenters. The molecule has 0 spiro atoms. The molecule has 0 aliphatic carbocycles. The van der Waals surface area contributed by atoms with Crippen LogP contribution in [0.4, 0.5) is 17.3 Å². The molecular weight excluding hydrogens is 445 g/mol. The van der Waals surface area contributed by atoms with Gasteiger partial charge < -0.3 is 0 Å². The van der Waals surface area contributed by atoms with Crippen molar-refractivity contribution >= 4 is 37.3 Å². The number of methoxy groups -OCH3 is 1. The fourth-order valence-corrected chi connectivity index (χ4v) is 6.13. The Kier molecular flexibility index (Phi) is 5.43. The van der Waals surface area contributed by atoms with Gasteiger partial charge in [-0.05, 0) is 0 Å². The summed E-state index contributed by atoms with van der Waals surface area (Å²) in [6.07, 6.45) is -1.09. The monoisotopic (exact) mass is 469 g/mol. The summed E-state index contributed by atoms with van der Waals surface area (Å²) in [4.78, 5) is 31.3. The van der Waals surface area contributed by atoms with Gasteiger partial charge in [0.2, 0.25) is 0 Å². The van der Waals surface area contributed by atoms with Crippen molar-refractivity contribution < 1.29 is 28.3 Å². The van der Waals surface area contributed by atoms with Gasteiger partial charge in [-0.2, -0.15) is 0 Å². The number of aryl methyl sites for hydroxylation is 1. The third kappa shape index (κ3) is 3.83. The van der Waals surface area contributed by atoms with Crippen LogP contribution < -0.4 is 16.0 Å². The van der Waals surface area contributed by atoms with E-state index in [0.29, 0.717) is 17.3 Å². The Morgan fingerprint density at radius 1 is 1.29 bits per heavy atom. The molecule has 0 bridgehead atoms. The normalized spacial score (nSPS) is 32.3. The molecule has 1 aromatic carbocycles. The second-order valence-electron chi connectivity index (χ2n) is 7.50. The van der Waals surface area contributed by atoms with Crippen molar-refractivity contribution in [2.45, 2.75) is 41.9 Å². The van der Waals surface area contributed by atoms with Crippen LogP contribution in [0.2, 0.25) is 0 Å². The second kappa shape index (κ2) is 7.98. The van der Waals surface area contributed by atoms with Crippen LogP contribution in [0, 0.1) is 6.92 Å². The molecule has 5 rings (SSSR count). The number of anilines is 3. The van der Waals surface area contributed by atoms with Crippen molar-refractivity contribution in [3.63, 3.8) is 0 Å². The summed E-state index contributed by atoms with van der Waals surface area (Å²) < 4.78 is 22.4. The van der Waals surface area contributed by atoms with Gasteiger partial charge >= 0.3 is 183 Å². The first-order valence-electron chi connectivity index (χ1n) is 9.70. The third-order valence-corrected chi connectivity index (χ3v) is 7.68. The minimum atomic E-state index is -4.21. The summed E-state index contributed by atoms with van der Waals surface area (Å²) >= 11 is 1.56. The molecule has 13 heteroatoms. The topological polar surface area (TPSA) is 144 Å². The number of aromatic nitrogens is 2. The first-order chi connectivity index (χ1) is 14.9. The molecule has 0 amide bonds. The van der Waals surface area contributed by atoms with Crippen molar-refractivity contribution in [1.82, 2.24) is 9.97 Å². The number of nitrogens with one attached hydrogen (secondary N) is 1. The van der Waals surface area contributed by atoms with Gasteiger partial charge in [-0.1, -0.05) is 0 Å². The molecule has 3 aliphatic heterocycles. The average molecular weight is 469 g/mol. The molecular formula is C18H24N5O6PS. The minimum absolute atomic E-state index is 0.00391. The van der Waals surface area contributed by atoms with E-state index in [1.807, 2.05) is 36.1 Å². The van der Waals surface area contributed by atoms with Crippen molar-refractivity contribution in [2.24, 2.45) is 0 Å². The number of nitrogen functional groups attached to an aromatic ring is 1. The quantitative estimate of drug-likeness (QED) is 0.478. The van der Waals surface area contributed by atoms with Crippen LogP contribution in [0.15, 0.2) is 35.5 Å². The molecule has 2 fully saturated rings. The Labute approximate surface area is 183 Å². The number of hydrogen-bond acceptors (Lipinski definition) is 12. The molecule has 2 saturated heterocycles. The Morgan fingerprint density at radius 3 is 2.81 bits per heavy atom. The van der Waals surface area contributed by atoms with Gasteiger partial charge in [0.05, 0.1) is 0 Å². The molecule has 0 saturated carbocycles. The number of ether oxygens (including phenoxy) is 2. The van der Waals surface area contributed by atoms with Crippen LogP contribution in [0.5, 0.6) is 0 Å². The number of nitrogens with zero attached hydrogens (tertiary/aromatic N) is 3. The number of nitrogens with two attached hydrogens (primary N) is 1. The van der Waals surface area contributed by atoms with Gasteiger partial charge in [0.1, 0.15) is 0 Å². The zero-order valence-corrected chi connectivity index (χ0v) is 18.7. The Balaban J connectivity index is 1.49. The molecule has 2 aromatic rings. The van der Waals surface area contributed by atoms with E-state index >= 15 is 0 Å². The van der Waals surface area contributed by atoms with E-state index in [-0.39, 0.29) is 12.1 Å². The van der Waals surface area contributed by atoms with Gasteiger partial charge in [-0.25, -0.2) is 0 Å². The van der Waals surface area contributed by atoms with Crippen LogP contribution in [-0.2, 0) is 18.5 Å². The fourth-order valence-electron chi connectivity index (χ4n) is 3.97. The Bertz CT molecular complexity index is 969. The van der Waals surface area contributed by atoms with E-state index < -0.39 is 32.7 Å². The van der Waals surface area contributed by atoms with Crippen LogP contribution in [0.25, 0.3) is 0 Å². The van der Waals surface area contributed by atoms with Crippen LogP contribution in [0.3, 0.4) is 0 Å². The summed E-state index contributed by atoms with van der Waals surface area (Å²) in [6, 6.07) is 8.16. The number of benzene rings is 1. The second-order valence-corrected chi connectivity index (χ2v) is 10.3. The Morgan fingerprint density at radius 2 is 2.06 bits per heavy atom. The first-order valence-corrected chi connectivity index (χ1v) is 12.3. The standard InChI is InChI=1S/C18H24N5O6PS/c1-9-3-5-10(6-4-9)31-18-22-12-15(19)20-8-21-16(12)23(18)17-14(26-2)13-11(28-17)7-27-30(24,25)29-13/h3-6,8,11,13-14,17-18,22,24-25,30H,7H2,1-2H3,(H2,19,20,21)/t11?,13-,14?,17?,18?/m1/s1. The van der Waals surface area contributed by atoms with Crippen LogP contribution in [-0.4, -0.2) is 63.5 Å². The first kappa shape index (κ1) is 21.1. The molecule has 31 heavy (non-hydrogen) atoms. The predicted molar refractivity (Wildman–Crippen MR) is 116 cm³/mol. The van der Waals surface area contributed by atoms with Crippen molar-refractivity contribution in [3.8, 4) is 0 Å². The molecule has 4 heterocycles. The summed E-state index contributed by atoms with van der Waals surface area (Å²) in [5.74, 6) is 0.892. The number of thioether (sulfide) groups is 1. The summed E-state index contributed by atoms with van der Waals surface area (Å²) in [7, 11) is -2.68. The number of fused-ring (bicyclic) bond motifs is 2. The van der Waals surface area contributed by atoms with E-state index in [4.69, 9.17) is 24.3 Å². The average Bonchev–Trinajstić information content (AvgIpc) is 3.26. The zero-order valence-electron chi connectivity index (χ0n) is 16.8. The summed E-state index contributed by atoms with van der Waals surface area (Å²) in [6.45, 7) is 2.03. The van der Waals surface area contributed by atoms with Gasteiger partial charge in [-0.15, -0.1) is 0 Å². The van der Waals surface area contributed by atoms with Crippen molar-refractivity contribution in [3.05, 3.63) is 36.2 Å². The van der Waals surface area contributed by atoms with E-state index in [2.05, 4.69) is 15.3 Å². The summed E-state index contributed by atoms with van der Waals surface area (Å²) in [5, 5.41) is 3.38. The van der Waals surface area contributed by atoms with E-state index in [1.165, 1.54) is 19.0 Å². The fraction of sp³-hybridized carbons (Fsp3) is 0.444. The number of rotatable bonds is 4. The van der Waals surface area contributed by atoms with Crippen LogP contribution in [0.1, 0.15) is 5.56 Å². The third-order valence-electron chi connectivity index (χ3n) is 5.45. The summed E-state index contributed by atoms with van der Waals surface area (Å²) in [5.41, 5.74) is 7.54. The molecule has 0 radical (unpaired) electrons. The number of hydrogen-bond donors (Lipinski definition) is 4. The van der Waals surface area contributed by atoms with E-state index in [1.54, 1.807) is 11.8 Å². The van der Waals surface area contributed by atoms with Crippen LogP contribution >= 0.6 is 19.9 Å². The van der Waals surface area contributed by atoms with Crippen molar-refractivity contribution in [2.75, 3.05) is 29.7 Å². The molecule has 168 valence electrons. The van der Waals surface area contributed by atoms with E-state index in [0.717, 1.165) is 4.90 Å². The van der Waals surface area contributed by atoms with Gasteiger partial charge in [0.15, 0.2) is 0 Å². The molecule has 4 unspecified atom stereocenters. The zero-order chi connectivity index (χ0) is 21.8. The van der Waals surface area contributed by atoms with Gasteiger partial charge in [0, 0.05) is 0 Å². The molecule has 5 N–H and O–H groups in total. The predicted octanol–water partition coefficient (Wildman–Crippen LogP) is 1.22. The molecule has 11 nitrogen and oxygen atoms in total.